The van der Waals surface area contributed by atoms with Gasteiger partial charge < -0.3 is 0 Å². The summed E-state index contributed by atoms with van der Waals surface area (Å²) >= 11 is 0. The van der Waals surface area contributed by atoms with Gasteiger partial charge in [0.2, 0.25) is 0 Å². The summed E-state index contributed by atoms with van der Waals surface area (Å²) < 4.78 is 0. The van der Waals surface area contributed by atoms with Crippen LogP contribution in [-0.2, 0) is 0 Å². The van der Waals surface area contributed by atoms with E-state index in [2.05, 4.69) is 51.3 Å². The fourth-order valence-corrected chi connectivity index (χ4v) is 1.75. The van der Waals surface area contributed by atoms with Gasteiger partial charge in [-0.3, -0.25) is 11.3 Å². The Hall–Kier alpha value is -0.860. The van der Waals surface area contributed by atoms with E-state index < -0.39 is 0 Å². The number of hydrogen-bond acceptors (Lipinski definition) is 2. The van der Waals surface area contributed by atoms with E-state index in [4.69, 9.17) is 5.84 Å². The number of rotatable bonds is 4. The molecule has 0 heterocycles. The maximum atomic E-state index is 5.59. The van der Waals surface area contributed by atoms with Crippen molar-refractivity contribution in [3.8, 4) is 0 Å². The molecule has 0 aromatic heterocycles. The summed E-state index contributed by atoms with van der Waals surface area (Å²) in [6.07, 6.45) is 1.07. The topological polar surface area (TPSA) is 38.0 Å². The van der Waals surface area contributed by atoms with Crippen LogP contribution in [0.5, 0.6) is 0 Å². The van der Waals surface area contributed by atoms with Gasteiger partial charge in [0.1, 0.15) is 0 Å². The molecule has 0 aliphatic rings. The van der Waals surface area contributed by atoms with Crippen LogP contribution in [0.15, 0.2) is 18.2 Å². The summed E-state index contributed by atoms with van der Waals surface area (Å²) in [5.41, 5.74) is 6.85. The van der Waals surface area contributed by atoms with E-state index in [1.165, 1.54) is 16.7 Å². The predicted molar refractivity (Wildman–Crippen MR) is 65.4 cm³/mol. The van der Waals surface area contributed by atoms with E-state index in [1.807, 2.05) is 0 Å². The summed E-state index contributed by atoms with van der Waals surface area (Å²) in [7, 11) is 0. The fourth-order valence-electron chi connectivity index (χ4n) is 1.75. The van der Waals surface area contributed by atoms with Gasteiger partial charge in [-0.2, -0.15) is 0 Å². The third-order valence-corrected chi connectivity index (χ3v) is 2.84. The van der Waals surface area contributed by atoms with Crippen LogP contribution in [-0.4, -0.2) is 0 Å². The van der Waals surface area contributed by atoms with Crippen LogP contribution in [0, 0.1) is 19.8 Å². The molecule has 15 heavy (non-hydrogen) atoms. The zero-order chi connectivity index (χ0) is 11.4. The molecule has 0 fully saturated rings. The largest absolute Gasteiger partial charge is 0.271 e. The van der Waals surface area contributed by atoms with Crippen molar-refractivity contribution < 1.29 is 0 Å². The lowest BCUT2D eigenvalue weighted by molar-refractivity contribution is 0.438. The van der Waals surface area contributed by atoms with E-state index in [9.17, 15) is 0 Å². The molecule has 0 aliphatic carbocycles. The zero-order valence-corrected chi connectivity index (χ0v) is 10.2. The van der Waals surface area contributed by atoms with Gasteiger partial charge in [-0.1, -0.05) is 32.0 Å². The van der Waals surface area contributed by atoms with Gasteiger partial charge in [0.25, 0.3) is 0 Å². The first-order valence-electron chi connectivity index (χ1n) is 5.58. The molecule has 1 rings (SSSR count). The van der Waals surface area contributed by atoms with Crippen LogP contribution >= 0.6 is 0 Å². The van der Waals surface area contributed by atoms with E-state index in [1.54, 1.807) is 0 Å². The van der Waals surface area contributed by atoms with Gasteiger partial charge in [0.05, 0.1) is 0 Å². The first kappa shape index (κ1) is 12.2. The van der Waals surface area contributed by atoms with Crippen molar-refractivity contribution in [2.45, 2.75) is 40.2 Å². The van der Waals surface area contributed by atoms with Crippen LogP contribution in [0.1, 0.15) is 43.0 Å². The van der Waals surface area contributed by atoms with E-state index in [-0.39, 0.29) is 6.04 Å². The SMILES string of the molecule is Cc1ccc(C(CC(C)C)NN)cc1C. The first-order valence-corrected chi connectivity index (χ1v) is 5.58. The molecule has 0 saturated carbocycles. The molecule has 1 aromatic rings. The van der Waals surface area contributed by atoms with Crippen molar-refractivity contribution in [1.82, 2.24) is 5.43 Å². The van der Waals surface area contributed by atoms with Gasteiger partial charge in [-0.25, -0.2) is 0 Å². The number of nitrogens with one attached hydrogen (secondary N) is 1. The Kier molecular flexibility index (Phi) is 4.30. The van der Waals surface area contributed by atoms with E-state index in [0.29, 0.717) is 5.92 Å². The standard InChI is InChI=1S/C13H22N2/c1-9(2)7-13(15-14)12-6-5-10(3)11(4)8-12/h5-6,8-9,13,15H,7,14H2,1-4H3. The zero-order valence-electron chi connectivity index (χ0n) is 10.2. The smallest absolute Gasteiger partial charge is 0.0462 e. The highest BCUT2D eigenvalue weighted by Crippen LogP contribution is 2.22. The molecular weight excluding hydrogens is 184 g/mol. The average Bonchev–Trinajstić information content (AvgIpc) is 2.18. The van der Waals surface area contributed by atoms with Gasteiger partial charge in [0, 0.05) is 6.04 Å². The Morgan fingerprint density at radius 2 is 1.87 bits per heavy atom. The van der Waals surface area contributed by atoms with Crippen LogP contribution in [0.25, 0.3) is 0 Å². The maximum absolute atomic E-state index is 5.59. The van der Waals surface area contributed by atoms with Crippen molar-refractivity contribution in [1.29, 1.82) is 0 Å². The Morgan fingerprint density at radius 3 is 2.33 bits per heavy atom. The molecule has 0 saturated heterocycles. The lowest BCUT2D eigenvalue weighted by Crippen LogP contribution is -2.29. The number of aryl methyl sites for hydroxylation is 2. The third-order valence-electron chi connectivity index (χ3n) is 2.84. The van der Waals surface area contributed by atoms with Crippen LogP contribution in [0.4, 0.5) is 0 Å². The average molecular weight is 206 g/mol. The second-order valence-corrected chi connectivity index (χ2v) is 4.69. The minimum absolute atomic E-state index is 0.268. The summed E-state index contributed by atoms with van der Waals surface area (Å²) in [5, 5.41) is 0. The van der Waals surface area contributed by atoms with Crippen LogP contribution in [0.3, 0.4) is 0 Å². The quantitative estimate of drug-likeness (QED) is 0.587. The van der Waals surface area contributed by atoms with Gasteiger partial charge in [-0.15, -0.1) is 0 Å². The molecule has 1 atom stereocenters. The second kappa shape index (κ2) is 5.29. The summed E-state index contributed by atoms with van der Waals surface area (Å²) in [4.78, 5) is 0. The summed E-state index contributed by atoms with van der Waals surface area (Å²) in [6, 6.07) is 6.82. The highest BCUT2D eigenvalue weighted by molar-refractivity contribution is 5.31. The molecule has 0 radical (unpaired) electrons. The van der Waals surface area contributed by atoms with Crippen molar-refractivity contribution in [2.75, 3.05) is 0 Å². The van der Waals surface area contributed by atoms with Crippen LogP contribution in [0.2, 0.25) is 0 Å². The predicted octanol–water partition coefficient (Wildman–Crippen LogP) is 2.85. The molecule has 1 aromatic carbocycles. The van der Waals surface area contributed by atoms with E-state index >= 15 is 0 Å². The van der Waals surface area contributed by atoms with Crippen molar-refractivity contribution in [2.24, 2.45) is 11.8 Å². The van der Waals surface area contributed by atoms with Crippen molar-refractivity contribution >= 4 is 0 Å². The maximum Gasteiger partial charge on any atom is 0.0462 e. The number of benzene rings is 1. The molecule has 0 bridgehead atoms. The lowest BCUT2D eigenvalue weighted by atomic mass is 9.95. The Morgan fingerprint density at radius 1 is 1.20 bits per heavy atom. The van der Waals surface area contributed by atoms with E-state index in [0.717, 1.165) is 6.42 Å². The number of hydrazine groups is 1. The molecule has 1 unspecified atom stereocenters. The molecular formula is C13H22N2. The summed E-state index contributed by atoms with van der Waals surface area (Å²) in [6.45, 7) is 8.70. The number of nitrogens with two attached hydrogens (primary N) is 1. The Bertz CT molecular complexity index is 318. The Balaban J connectivity index is 2.87. The first-order chi connectivity index (χ1) is 7.04. The second-order valence-electron chi connectivity index (χ2n) is 4.69. The number of hydrogen-bond donors (Lipinski definition) is 2. The normalized spacial score (nSPS) is 13.2. The third kappa shape index (κ3) is 3.33. The van der Waals surface area contributed by atoms with Crippen LogP contribution < -0.4 is 11.3 Å². The van der Waals surface area contributed by atoms with Crippen molar-refractivity contribution in [3.63, 3.8) is 0 Å². The summed E-state index contributed by atoms with van der Waals surface area (Å²) in [5.74, 6) is 6.24. The minimum atomic E-state index is 0.268. The molecule has 2 heteroatoms. The van der Waals surface area contributed by atoms with Crippen molar-refractivity contribution in [3.05, 3.63) is 34.9 Å². The molecule has 3 N–H and O–H groups in total. The molecule has 84 valence electrons. The molecule has 0 spiro atoms. The molecule has 0 amide bonds. The van der Waals surface area contributed by atoms with Gasteiger partial charge >= 0.3 is 0 Å². The monoisotopic (exact) mass is 206 g/mol. The van der Waals surface area contributed by atoms with Gasteiger partial charge in [-0.05, 0) is 42.9 Å². The highest BCUT2D eigenvalue weighted by atomic mass is 15.2. The fraction of sp³-hybridized carbons (Fsp3) is 0.538. The Labute approximate surface area is 92.8 Å². The molecule has 0 aliphatic heterocycles. The highest BCUT2D eigenvalue weighted by Gasteiger charge is 2.11. The molecule has 2 nitrogen and oxygen atoms in total. The minimum Gasteiger partial charge on any atom is -0.271 e. The van der Waals surface area contributed by atoms with Gasteiger partial charge in [0.15, 0.2) is 0 Å². The lowest BCUT2D eigenvalue weighted by Gasteiger charge is -2.19.